The van der Waals surface area contributed by atoms with E-state index in [0.29, 0.717) is 22.2 Å². The molecule has 0 bridgehead atoms. The Kier molecular flexibility index (Phi) is 4.03. The fraction of sp³-hybridized carbons (Fsp3) is 0. The molecular weight excluding hydrogens is 326 g/mol. The molecule has 0 aliphatic heterocycles. The SMILES string of the molecule is O=C(c1ccccc1)c1nc2ccccc2c(=O)n1Nc1ccccc1. The number of nitrogens with one attached hydrogen (secondary N) is 1. The highest BCUT2D eigenvalue weighted by Crippen LogP contribution is 2.13. The number of hydrogen-bond acceptors (Lipinski definition) is 4. The van der Waals surface area contributed by atoms with Crippen molar-refractivity contribution < 1.29 is 4.79 Å². The van der Waals surface area contributed by atoms with Gasteiger partial charge in [0.2, 0.25) is 11.6 Å². The summed E-state index contributed by atoms with van der Waals surface area (Å²) in [6, 6.07) is 25.0. The zero-order valence-electron chi connectivity index (χ0n) is 13.8. The molecule has 1 heterocycles. The van der Waals surface area contributed by atoms with Gasteiger partial charge >= 0.3 is 0 Å². The Hall–Kier alpha value is -3.73. The minimum Gasteiger partial charge on any atom is -0.290 e. The van der Waals surface area contributed by atoms with Gasteiger partial charge in [-0.05, 0) is 24.3 Å². The predicted octanol–water partition coefficient (Wildman–Crippen LogP) is 3.50. The molecule has 4 aromatic rings. The van der Waals surface area contributed by atoms with Crippen molar-refractivity contribution in [1.82, 2.24) is 9.66 Å². The topological polar surface area (TPSA) is 64.0 Å². The van der Waals surface area contributed by atoms with Crippen LogP contribution in [0.15, 0.2) is 89.7 Å². The van der Waals surface area contributed by atoms with E-state index in [4.69, 9.17) is 0 Å². The second-order valence-electron chi connectivity index (χ2n) is 5.77. The van der Waals surface area contributed by atoms with Crippen LogP contribution in [0.4, 0.5) is 5.69 Å². The van der Waals surface area contributed by atoms with Gasteiger partial charge in [-0.2, -0.15) is 4.68 Å². The maximum absolute atomic E-state index is 13.0. The molecule has 1 N–H and O–H groups in total. The van der Waals surface area contributed by atoms with Gasteiger partial charge in [-0.3, -0.25) is 15.0 Å². The number of hydrogen-bond donors (Lipinski definition) is 1. The van der Waals surface area contributed by atoms with Crippen LogP contribution in [0, 0.1) is 0 Å². The zero-order valence-corrected chi connectivity index (χ0v) is 13.8. The number of ketones is 1. The number of fused-ring (bicyclic) bond motifs is 1. The van der Waals surface area contributed by atoms with Gasteiger partial charge in [-0.25, -0.2) is 4.98 Å². The van der Waals surface area contributed by atoms with E-state index in [2.05, 4.69) is 10.4 Å². The van der Waals surface area contributed by atoms with Crippen LogP contribution in [0.1, 0.15) is 16.2 Å². The molecular formula is C21H15N3O2. The zero-order chi connectivity index (χ0) is 17.9. The first-order valence-electron chi connectivity index (χ1n) is 8.17. The van der Waals surface area contributed by atoms with Crippen molar-refractivity contribution in [2.75, 3.05) is 5.43 Å². The van der Waals surface area contributed by atoms with Gasteiger partial charge < -0.3 is 0 Å². The van der Waals surface area contributed by atoms with Crippen LogP contribution in [-0.2, 0) is 0 Å². The smallest absolute Gasteiger partial charge is 0.280 e. The Morgan fingerprint density at radius 1 is 0.808 bits per heavy atom. The summed E-state index contributed by atoms with van der Waals surface area (Å²) in [7, 11) is 0. The molecule has 0 fully saturated rings. The van der Waals surface area contributed by atoms with Crippen molar-refractivity contribution in [2.24, 2.45) is 0 Å². The van der Waals surface area contributed by atoms with E-state index in [-0.39, 0.29) is 17.2 Å². The average Bonchev–Trinajstić information content (AvgIpc) is 2.71. The number of carbonyl (C=O) groups is 1. The molecule has 3 aromatic carbocycles. The molecule has 0 amide bonds. The molecule has 5 heteroatoms. The maximum Gasteiger partial charge on any atom is 0.280 e. The second-order valence-corrected chi connectivity index (χ2v) is 5.77. The Bertz CT molecular complexity index is 1140. The lowest BCUT2D eigenvalue weighted by molar-refractivity contribution is 0.102. The van der Waals surface area contributed by atoms with Crippen LogP contribution in [0.25, 0.3) is 10.9 Å². The molecule has 4 rings (SSSR count). The summed E-state index contributed by atoms with van der Waals surface area (Å²) in [5, 5.41) is 0.445. The largest absolute Gasteiger partial charge is 0.290 e. The minimum atomic E-state index is -0.322. The summed E-state index contributed by atoms with van der Waals surface area (Å²) < 4.78 is 1.22. The molecule has 0 unspecified atom stereocenters. The van der Waals surface area contributed by atoms with Gasteiger partial charge in [0.05, 0.1) is 16.6 Å². The van der Waals surface area contributed by atoms with Crippen LogP contribution >= 0.6 is 0 Å². The van der Waals surface area contributed by atoms with Gasteiger partial charge in [0.1, 0.15) is 0 Å². The van der Waals surface area contributed by atoms with E-state index in [0.717, 1.165) is 0 Å². The summed E-state index contributed by atoms with van der Waals surface area (Å²) in [5.41, 5.74) is 4.33. The summed E-state index contributed by atoms with van der Waals surface area (Å²) in [6.45, 7) is 0. The molecule has 0 aliphatic rings. The Morgan fingerprint density at radius 3 is 2.15 bits per heavy atom. The van der Waals surface area contributed by atoms with Gasteiger partial charge in [0.25, 0.3) is 5.56 Å². The first kappa shape index (κ1) is 15.8. The van der Waals surface area contributed by atoms with Crippen LogP contribution in [0.3, 0.4) is 0 Å². The third kappa shape index (κ3) is 2.86. The third-order valence-electron chi connectivity index (χ3n) is 4.03. The Labute approximate surface area is 149 Å². The molecule has 0 saturated carbocycles. The van der Waals surface area contributed by atoms with Gasteiger partial charge in [0.15, 0.2) is 0 Å². The van der Waals surface area contributed by atoms with Crippen LogP contribution in [0.2, 0.25) is 0 Å². The quantitative estimate of drug-likeness (QED) is 0.577. The number of anilines is 1. The first-order valence-corrected chi connectivity index (χ1v) is 8.17. The highest BCUT2D eigenvalue weighted by Gasteiger charge is 2.19. The summed E-state index contributed by atoms with van der Waals surface area (Å²) >= 11 is 0. The maximum atomic E-state index is 13.0. The fourth-order valence-electron chi connectivity index (χ4n) is 2.75. The number of rotatable bonds is 4. The first-order chi connectivity index (χ1) is 12.7. The Balaban J connectivity index is 1.93. The van der Waals surface area contributed by atoms with Crippen LogP contribution in [-0.4, -0.2) is 15.4 Å². The second kappa shape index (κ2) is 6.64. The monoisotopic (exact) mass is 341 g/mol. The van der Waals surface area contributed by atoms with Crippen molar-refractivity contribution in [3.05, 3.63) is 107 Å². The van der Waals surface area contributed by atoms with Gasteiger partial charge in [-0.1, -0.05) is 60.7 Å². The molecule has 0 radical (unpaired) electrons. The summed E-state index contributed by atoms with van der Waals surface area (Å²) in [5.74, 6) is -0.277. The van der Waals surface area contributed by atoms with Crippen molar-refractivity contribution in [1.29, 1.82) is 0 Å². The van der Waals surface area contributed by atoms with Crippen LogP contribution < -0.4 is 11.0 Å². The molecule has 0 aliphatic carbocycles. The number of carbonyl (C=O) groups excluding carboxylic acids is 1. The Morgan fingerprint density at radius 2 is 1.42 bits per heavy atom. The van der Waals surface area contributed by atoms with Crippen molar-refractivity contribution >= 4 is 22.4 Å². The highest BCUT2D eigenvalue weighted by atomic mass is 16.1. The lowest BCUT2D eigenvalue weighted by atomic mass is 10.1. The van der Waals surface area contributed by atoms with Crippen molar-refractivity contribution in [3.63, 3.8) is 0 Å². The number of nitrogens with zero attached hydrogens (tertiary/aromatic N) is 2. The lowest BCUT2D eigenvalue weighted by Gasteiger charge is -2.14. The molecule has 5 nitrogen and oxygen atoms in total. The summed E-state index contributed by atoms with van der Waals surface area (Å²) in [4.78, 5) is 30.4. The van der Waals surface area contributed by atoms with E-state index in [9.17, 15) is 9.59 Å². The molecule has 0 atom stereocenters. The van der Waals surface area contributed by atoms with Crippen molar-refractivity contribution in [3.8, 4) is 0 Å². The fourth-order valence-corrected chi connectivity index (χ4v) is 2.75. The average molecular weight is 341 g/mol. The highest BCUT2D eigenvalue weighted by molar-refractivity contribution is 6.07. The van der Waals surface area contributed by atoms with E-state index in [1.165, 1.54) is 4.68 Å². The van der Waals surface area contributed by atoms with Gasteiger partial charge in [-0.15, -0.1) is 0 Å². The number of para-hydroxylation sites is 2. The molecule has 1 aromatic heterocycles. The molecule has 26 heavy (non-hydrogen) atoms. The predicted molar refractivity (Wildman–Crippen MR) is 101 cm³/mol. The standard InChI is InChI=1S/C21H15N3O2/c25-19(15-9-3-1-4-10-15)20-22-18-14-8-7-13-17(18)21(26)24(20)23-16-11-5-2-6-12-16/h1-14,23H. The number of benzene rings is 3. The summed E-state index contributed by atoms with van der Waals surface area (Å²) in [6.07, 6.45) is 0. The van der Waals surface area contributed by atoms with E-state index < -0.39 is 0 Å². The third-order valence-corrected chi connectivity index (χ3v) is 4.03. The molecule has 126 valence electrons. The van der Waals surface area contributed by atoms with E-state index >= 15 is 0 Å². The molecule has 0 saturated heterocycles. The number of aromatic nitrogens is 2. The minimum absolute atomic E-state index is 0.0451. The van der Waals surface area contributed by atoms with Gasteiger partial charge in [0, 0.05) is 5.56 Å². The normalized spacial score (nSPS) is 10.6. The van der Waals surface area contributed by atoms with E-state index in [1.54, 1.807) is 48.5 Å². The lowest BCUT2D eigenvalue weighted by Crippen LogP contribution is -2.33. The van der Waals surface area contributed by atoms with E-state index in [1.807, 2.05) is 36.4 Å². The van der Waals surface area contributed by atoms with Crippen LogP contribution in [0.5, 0.6) is 0 Å². The van der Waals surface area contributed by atoms with Crippen molar-refractivity contribution in [2.45, 2.75) is 0 Å². The molecule has 0 spiro atoms.